The minimum absolute atomic E-state index is 0.0500. The van der Waals surface area contributed by atoms with Crippen molar-refractivity contribution in [2.24, 2.45) is 0 Å². The molecule has 0 aliphatic heterocycles. The number of carbonyl (C=O) groups excluding carboxylic acids is 1. The highest BCUT2D eigenvalue weighted by atomic mass is 32.2. The Balaban J connectivity index is 1.54. The molecule has 0 saturated carbocycles. The standard InChI is InChI=1S/C21H23N3OS2/c1-15(20(25)22-14-17-10-7-13-26-17)27-21-23-18-11-5-6-12-19(18)24(21)16-8-3-2-4-9-16/h2-4,7-10,13,15H,5-6,11-12,14H2,1H3,(H,22,25). The monoisotopic (exact) mass is 397 g/mol. The van der Waals surface area contributed by atoms with Gasteiger partial charge in [-0.05, 0) is 56.2 Å². The van der Waals surface area contributed by atoms with Crippen LogP contribution in [0.1, 0.15) is 36.0 Å². The molecule has 0 fully saturated rings. The number of carbonyl (C=O) groups is 1. The number of aryl methyl sites for hydroxylation is 1. The SMILES string of the molecule is CC(Sc1nc2c(n1-c1ccccc1)CCCC2)C(=O)NCc1cccs1. The van der Waals surface area contributed by atoms with Crippen LogP contribution in [0.4, 0.5) is 0 Å². The number of hydrogen-bond acceptors (Lipinski definition) is 4. The average molecular weight is 398 g/mol. The van der Waals surface area contributed by atoms with E-state index in [1.807, 2.05) is 30.5 Å². The van der Waals surface area contributed by atoms with Gasteiger partial charge in [-0.1, -0.05) is 36.0 Å². The Hall–Kier alpha value is -2.05. The summed E-state index contributed by atoms with van der Waals surface area (Å²) in [5, 5.41) is 5.79. The van der Waals surface area contributed by atoms with Crippen molar-refractivity contribution in [3.05, 3.63) is 64.1 Å². The Bertz CT molecular complexity index is 903. The molecule has 6 heteroatoms. The van der Waals surface area contributed by atoms with E-state index in [2.05, 4.69) is 34.1 Å². The van der Waals surface area contributed by atoms with Crippen LogP contribution in [0.3, 0.4) is 0 Å². The molecule has 3 aromatic rings. The van der Waals surface area contributed by atoms with Gasteiger partial charge in [0.05, 0.1) is 17.5 Å². The lowest BCUT2D eigenvalue weighted by Gasteiger charge is -2.16. The van der Waals surface area contributed by atoms with E-state index in [9.17, 15) is 4.79 Å². The summed E-state index contributed by atoms with van der Waals surface area (Å²) in [6.07, 6.45) is 4.48. The lowest BCUT2D eigenvalue weighted by atomic mass is 10.0. The van der Waals surface area contributed by atoms with Gasteiger partial charge in [-0.2, -0.15) is 0 Å². The fraction of sp³-hybridized carbons (Fsp3) is 0.333. The number of imidazole rings is 1. The Kier molecular flexibility index (Phi) is 5.64. The number of nitrogens with zero attached hydrogens (tertiary/aromatic N) is 2. The molecule has 0 saturated heterocycles. The predicted molar refractivity (Wildman–Crippen MR) is 112 cm³/mol. The van der Waals surface area contributed by atoms with Crippen LogP contribution in [0, 0.1) is 0 Å². The Morgan fingerprint density at radius 2 is 2.04 bits per heavy atom. The molecule has 0 spiro atoms. The Morgan fingerprint density at radius 1 is 1.22 bits per heavy atom. The van der Waals surface area contributed by atoms with E-state index in [0.717, 1.165) is 23.7 Å². The van der Waals surface area contributed by atoms with Gasteiger partial charge in [0.1, 0.15) is 0 Å². The number of aromatic nitrogens is 2. The number of thiophene rings is 1. The number of hydrogen-bond donors (Lipinski definition) is 1. The lowest BCUT2D eigenvalue weighted by Crippen LogP contribution is -2.30. The van der Waals surface area contributed by atoms with Crippen molar-refractivity contribution in [1.82, 2.24) is 14.9 Å². The summed E-state index contributed by atoms with van der Waals surface area (Å²) in [6.45, 7) is 2.54. The summed E-state index contributed by atoms with van der Waals surface area (Å²) >= 11 is 3.21. The molecule has 2 heterocycles. The zero-order chi connectivity index (χ0) is 18.6. The molecule has 4 nitrogen and oxygen atoms in total. The zero-order valence-corrected chi connectivity index (χ0v) is 17.0. The molecule has 1 N–H and O–H groups in total. The molecule has 0 radical (unpaired) electrons. The first-order chi connectivity index (χ1) is 13.2. The quantitative estimate of drug-likeness (QED) is 0.618. The fourth-order valence-corrected chi connectivity index (χ4v) is 5.02. The summed E-state index contributed by atoms with van der Waals surface area (Å²) in [5.74, 6) is 0.0500. The van der Waals surface area contributed by atoms with Crippen LogP contribution in [0.15, 0.2) is 53.0 Å². The molecule has 140 valence electrons. The van der Waals surface area contributed by atoms with Gasteiger partial charge in [0.2, 0.25) is 5.91 Å². The van der Waals surface area contributed by atoms with Crippen molar-refractivity contribution in [3.63, 3.8) is 0 Å². The van der Waals surface area contributed by atoms with Crippen molar-refractivity contribution in [2.45, 2.75) is 49.6 Å². The minimum Gasteiger partial charge on any atom is -0.350 e. The summed E-state index contributed by atoms with van der Waals surface area (Å²) in [5.41, 5.74) is 3.63. The zero-order valence-electron chi connectivity index (χ0n) is 15.4. The molecule has 27 heavy (non-hydrogen) atoms. The van der Waals surface area contributed by atoms with Gasteiger partial charge >= 0.3 is 0 Å². The first-order valence-corrected chi connectivity index (χ1v) is 11.1. The third-order valence-electron chi connectivity index (χ3n) is 4.78. The van der Waals surface area contributed by atoms with Gasteiger partial charge in [0, 0.05) is 16.3 Å². The third-order valence-corrected chi connectivity index (χ3v) is 6.71. The summed E-state index contributed by atoms with van der Waals surface area (Å²) in [6, 6.07) is 14.4. The molecule has 4 rings (SSSR count). The van der Waals surface area contributed by atoms with E-state index in [1.54, 1.807) is 23.1 Å². The molecule has 1 aliphatic carbocycles. The lowest BCUT2D eigenvalue weighted by molar-refractivity contribution is -0.120. The molecule has 1 aliphatic rings. The maximum atomic E-state index is 12.6. The highest BCUT2D eigenvalue weighted by Crippen LogP contribution is 2.32. The number of rotatable bonds is 6. The van der Waals surface area contributed by atoms with E-state index in [1.165, 1.54) is 29.1 Å². The first-order valence-electron chi connectivity index (χ1n) is 9.35. The number of fused-ring (bicyclic) bond motifs is 1. The van der Waals surface area contributed by atoms with E-state index >= 15 is 0 Å². The molecular formula is C21H23N3OS2. The van der Waals surface area contributed by atoms with Gasteiger partial charge < -0.3 is 5.32 Å². The average Bonchev–Trinajstić information content (AvgIpc) is 3.34. The normalized spacial score (nSPS) is 14.6. The van der Waals surface area contributed by atoms with Crippen LogP contribution in [0.25, 0.3) is 5.69 Å². The van der Waals surface area contributed by atoms with E-state index < -0.39 is 0 Å². The number of amides is 1. The Labute approximate surface area is 168 Å². The van der Waals surface area contributed by atoms with E-state index in [0.29, 0.717) is 6.54 Å². The predicted octanol–water partition coefficient (Wildman–Crippen LogP) is 4.61. The molecule has 1 amide bonds. The smallest absolute Gasteiger partial charge is 0.233 e. The largest absolute Gasteiger partial charge is 0.350 e. The fourth-order valence-electron chi connectivity index (χ4n) is 3.38. The van der Waals surface area contributed by atoms with Crippen LogP contribution in [-0.4, -0.2) is 20.7 Å². The van der Waals surface area contributed by atoms with Crippen LogP contribution >= 0.6 is 23.1 Å². The summed E-state index contributed by atoms with van der Waals surface area (Å²) in [4.78, 5) is 18.6. The third kappa shape index (κ3) is 4.12. The number of benzene rings is 1. The topological polar surface area (TPSA) is 46.9 Å². The Morgan fingerprint density at radius 3 is 2.81 bits per heavy atom. The van der Waals surface area contributed by atoms with Crippen LogP contribution in [-0.2, 0) is 24.2 Å². The summed E-state index contributed by atoms with van der Waals surface area (Å²) in [7, 11) is 0. The van der Waals surface area contributed by atoms with Crippen LogP contribution < -0.4 is 5.32 Å². The summed E-state index contributed by atoms with van der Waals surface area (Å²) < 4.78 is 2.25. The molecular weight excluding hydrogens is 374 g/mol. The van der Waals surface area contributed by atoms with Crippen molar-refractivity contribution >= 4 is 29.0 Å². The maximum absolute atomic E-state index is 12.6. The van der Waals surface area contributed by atoms with Crippen LogP contribution in [0.5, 0.6) is 0 Å². The van der Waals surface area contributed by atoms with E-state index in [-0.39, 0.29) is 11.2 Å². The van der Waals surface area contributed by atoms with E-state index in [4.69, 9.17) is 4.98 Å². The van der Waals surface area contributed by atoms with Crippen molar-refractivity contribution in [1.29, 1.82) is 0 Å². The highest BCUT2D eigenvalue weighted by molar-refractivity contribution is 8.00. The second kappa shape index (κ2) is 8.31. The number of nitrogens with one attached hydrogen (secondary N) is 1. The second-order valence-electron chi connectivity index (χ2n) is 6.72. The van der Waals surface area contributed by atoms with Crippen molar-refractivity contribution in [3.8, 4) is 5.69 Å². The molecule has 2 aromatic heterocycles. The second-order valence-corrected chi connectivity index (χ2v) is 9.06. The highest BCUT2D eigenvalue weighted by Gasteiger charge is 2.24. The molecule has 1 aromatic carbocycles. The number of thioether (sulfide) groups is 1. The number of para-hydroxylation sites is 1. The van der Waals surface area contributed by atoms with Crippen molar-refractivity contribution < 1.29 is 4.79 Å². The minimum atomic E-state index is -0.198. The van der Waals surface area contributed by atoms with Crippen molar-refractivity contribution in [2.75, 3.05) is 0 Å². The molecule has 0 bridgehead atoms. The van der Waals surface area contributed by atoms with Gasteiger partial charge in [-0.3, -0.25) is 9.36 Å². The molecule has 1 unspecified atom stereocenters. The van der Waals surface area contributed by atoms with Crippen LogP contribution in [0.2, 0.25) is 0 Å². The van der Waals surface area contributed by atoms with Gasteiger partial charge in [-0.15, -0.1) is 11.3 Å². The molecule has 1 atom stereocenters. The first kappa shape index (κ1) is 18.3. The van der Waals surface area contributed by atoms with Gasteiger partial charge in [0.15, 0.2) is 5.16 Å². The van der Waals surface area contributed by atoms with Gasteiger partial charge in [0.25, 0.3) is 0 Å². The van der Waals surface area contributed by atoms with Gasteiger partial charge in [-0.25, -0.2) is 4.98 Å². The maximum Gasteiger partial charge on any atom is 0.233 e.